The zero-order chi connectivity index (χ0) is 20.0. The summed E-state index contributed by atoms with van der Waals surface area (Å²) in [5.74, 6) is 0.811. The Morgan fingerprint density at radius 1 is 1.33 bits per heavy atom. The number of hydrogen-bond donors (Lipinski definition) is 3. The quantitative estimate of drug-likeness (QED) is 0.604. The van der Waals surface area contributed by atoms with E-state index < -0.39 is 11.6 Å². The number of nitrogens with two attached hydrogens (primary N) is 1. The van der Waals surface area contributed by atoms with Crippen molar-refractivity contribution >= 4 is 23.3 Å². The summed E-state index contributed by atoms with van der Waals surface area (Å²) >= 11 is 1.34. The highest BCUT2D eigenvalue weighted by atomic mass is 32.1. The number of benzene rings is 1. The van der Waals surface area contributed by atoms with Crippen LogP contribution in [0.4, 0.5) is 5.82 Å². The van der Waals surface area contributed by atoms with Crippen LogP contribution in [0.3, 0.4) is 0 Å². The topological polar surface area (TPSA) is 104 Å². The third-order valence-electron chi connectivity index (χ3n) is 4.19. The fourth-order valence-corrected chi connectivity index (χ4v) is 3.41. The minimum atomic E-state index is -0.443. The molecule has 0 saturated carbocycles. The van der Waals surface area contributed by atoms with Crippen LogP contribution in [0.5, 0.6) is 0 Å². The molecule has 0 aliphatic heterocycles. The summed E-state index contributed by atoms with van der Waals surface area (Å²) in [7, 11) is 0. The van der Waals surface area contributed by atoms with Crippen molar-refractivity contribution in [2.75, 3.05) is 11.9 Å². The number of amides is 1. The van der Waals surface area contributed by atoms with Gasteiger partial charge in [-0.15, -0.1) is 0 Å². The third-order valence-corrected chi connectivity index (χ3v) is 4.81. The number of hydrogen-bond acceptors (Lipinski definition) is 6. The van der Waals surface area contributed by atoms with Crippen molar-refractivity contribution in [3.05, 3.63) is 35.2 Å². The lowest BCUT2D eigenvalue weighted by atomic mass is 9.94. The Kier molecular flexibility index (Phi) is 6.94. The summed E-state index contributed by atoms with van der Waals surface area (Å²) in [6, 6.07) is 9.57. The molecule has 0 aliphatic carbocycles. The van der Waals surface area contributed by atoms with Gasteiger partial charge in [0, 0.05) is 16.5 Å². The minimum Gasteiger partial charge on any atom is -0.357 e. The summed E-state index contributed by atoms with van der Waals surface area (Å²) in [4.78, 5) is 12.4. The van der Waals surface area contributed by atoms with Crippen molar-refractivity contribution in [1.29, 1.82) is 5.26 Å². The van der Waals surface area contributed by atoms with Crippen LogP contribution in [0.2, 0.25) is 0 Å². The molecule has 0 fully saturated rings. The zero-order valence-electron chi connectivity index (χ0n) is 16.2. The smallest absolute Gasteiger partial charge is 0.243 e. The van der Waals surface area contributed by atoms with Gasteiger partial charge in [0.25, 0.3) is 0 Å². The molecule has 1 atom stereocenters. The van der Waals surface area contributed by atoms with Gasteiger partial charge < -0.3 is 16.4 Å². The van der Waals surface area contributed by atoms with Gasteiger partial charge in [-0.3, -0.25) is 4.79 Å². The lowest BCUT2D eigenvalue weighted by molar-refractivity contribution is -0.121. The van der Waals surface area contributed by atoms with Gasteiger partial charge >= 0.3 is 0 Å². The van der Waals surface area contributed by atoms with E-state index in [9.17, 15) is 4.79 Å². The molecular weight excluding hydrogens is 358 g/mol. The van der Waals surface area contributed by atoms with Crippen LogP contribution in [0.15, 0.2) is 29.6 Å². The first-order chi connectivity index (χ1) is 12.7. The number of rotatable bonds is 8. The Hall–Kier alpha value is -2.43. The van der Waals surface area contributed by atoms with Crippen molar-refractivity contribution < 1.29 is 4.79 Å². The van der Waals surface area contributed by atoms with Gasteiger partial charge in [-0.2, -0.15) is 9.64 Å². The molecule has 27 heavy (non-hydrogen) atoms. The number of carbonyl (C=O) groups excluding carboxylic acids is 1. The SMILES string of the molecule is CC(C)C[C@H](Nc1nscc1-c1ccc(C(C)(C)N)cc1)C(=O)NCC#N. The molecule has 0 unspecified atom stereocenters. The molecular formula is C20H27N5OS. The molecule has 4 N–H and O–H groups in total. The minimum absolute atomic E-state index is 0.00460. The number of nitrogens with zero attached hydrogens (tertiary/aromatic N) is 2. The lowest BCUT2D eigenvalue weighted by Crippen LogP contribution is -2.40. The van der Waals surface area contributed by atoms with Crippen LogP contribution in [0.1, 0.15) is 39.7 Å². The average Bonchev–Trinajstić information content (AvgIpc) is 3.06. The van der Waals surface area contributed by atoms with E-state index in [1.807, 2.05) is 49.6 Å². The summed E-state index contributed by atoms with van der Waals surface area (Å²) in [6.45, 7) is 8.05. The molecule has 6 nitrogen and oxygen atoms in total. The fraction of sp³-hybridized carbons (Fsp3) is 0.450. The second-order valence-corrected chi connectivity index (χ2v) is 8.21. The predicted molar refractivity (Wildman–Crippen MR) is 110 cm³/mol. The van der Waals surface area contributed by atoms with Gasteiger partial charge in [-0.25, -0.2) is 0 Å². The first kappa shape index (κ1) is 20.9. The van der Waals surface area contributed by atoms with Crippen LogP contribution < -0.4 is 16.4 Å². The summed E-state index contributed by atoms with van der Waals surface area (Å²) in [6.07, 6.45) is 0.647. The van der Waals surface area contributed by atoms with E-state index in [1.165, 1.54) is 11.5 Å². The Balaban J connectivity index is 2.23. The van der Waals surface area contributed by atoms with Crippen molar-refractivity contribution in [3.8, 4) is 17.2 Å². The highest BCUT2D eigenvalue weighted by Crippen LogP contribution is 2.31. The molecule has 1 aromatic carbocycles. The monoisotopic (exact) mass is 385 g/mol. The van der Waals surface area contributed by atoms with Crippen molar-refractivity contribution in [2.45, 2.75) is 45.7 Å². The molecule has 144 valence electrons. The number of nitriles is 1. The van der Waals surface area contributed by atoms with E-state index in [4.69, 9.17) is 11.0 Å². The van der Waals surface area contributed by atoms with Gasteiger partial charge in [-0.05, 0) is 48.8 Å². The first-order valence-corrected chi connectivity index (χ1v) is 9.81. The van der Waals surface area contributed by atoms with Gasteiger partial charge in [0.1, 0.15) is 18.4 Å². The second kappa shape index (κ2) is 8.98. The molecule has 2 aromatic rings. The fourth-order valence-electron chi connectivity index (χ4n) is 2.74. The lowest BCUT2D eigenvalue weighted by Gasteiger charge is -2.21. The first-order valence-electron chi connectivity index (χ1n) is 8.97. The third kappa shape index (κ3) is 5.78. The molecule has 0 saturated heterocycles. The normalized spacial score (nSPS) is 12.5. The van der Waals surface area contributed by atoms with Gasteiger partial charge in [0.2, 0.25) is 5.91 Å². The number of aromatic nitrogens is 1. The van der Waals surface area contributed by atoms with Gasteiger partial charge in [0.05, 0.1) is 6.07 Å². The Bertz CT molecular complexity index is 799. The van der Waals surface area contributed by atoms with Crippen LogP contribution >= 0.6 is 11.5 Å². The molecule has 0 spiro atoms. The van der Waals surface area contributed by atoms with Gasteiger partial charge in [-0.1, -0.05) is 38.1 Å². The van der Waals surface area contributed by atoms with Crippen molar-refractivity contribution in [3.63, 3.8) is 0 Å². The predicted octanol–water partition coefficient (Wildman–Crippen LogP) is 3.47. The van der Waals surface area contributed by atoms with E-state index in [1.54, 1.807) is 0 Å². The molecule has 0 bridgehead atoms. The Morgan fingerprint density at radius 3 is 2.56 bits per heavy atom. The zero-order valence-corrected chi connectivity index (χ0v) is 17.1. The van der Waals surface area contributed by atoms with Crippen molar-refractivity contribution in [2.24, 2.45) is 11.7 Å². The van der Waals surface area contributed by atoms with E-state index in [0.29, 0.717) is 18.2 Å². The van der Waals surface area contributed by atoms with E-state index in [0.717, 1.165) is 16.7 Å². The molecule has 1 aromatic heterocycles. The molecule has 0 aliphatic rings. The summed E-state index contributed by atoms with van der Waals surface area (Å²) in [5, 5.41) is 16.6. The largest absolute Gasteiger partial charge is 0.357 e. The highest BCUT2D eigenvalue weighted by molar-refractivity contribution is 7.04. The van der Waals surface area contributed by atoms with Crippen LogP contribution in [0, 0.1) is 17.2 Å². The number of carbonyl (C=O) groups is 1. The van der Waals surface area contributed by atoms with E-state index >= 15 is 0 Å². The number of nitrogens with one attached hydrogen (secondary N) is 2. The molecule has 1 amide bonds. The van der Waals surface area contributed by atoms with Crippen LogP contribution in [-0.4, -0.2) is 22.9 Å². The maximum atomic E-state index is 12.4. The van der Waals surface area contributed by atoms with E-state index in [2.05, 4.69) is 28.9 Å². The van der Waals surface area contributed by atoms with Gasteiger partial charge in [0.15, 0.2) is 0 Å². The maximum absolute atomic E-state index is 12.4. The Morgan fingerprint density at radius 2 is 2.00 bits per heavy atom. The average molecular weight is 386 g/mol. The van der Waals surface area contributed by atoms with Crippen molar-refractivity contribution in [1.82, 2.24) is 9.69 Å². The molecule has 0 radical (unpaired) electrons. The summed E-state index contributed by atoms with van der Waals surface area (Å²) < 4.78 is 4.43. The second-order valence-electron chi connectivity index (χ2n) is 7.58. The number of anilines is 1. The van der Waals surface area contributed by atoms with Crippen LogP contribution in [0.25, 0.3) is 11.1 Å². The maximum Gasteiger partial charge on any atom is 0.243 e. The van der Waals surface area contributed by atoms with Crippen LogP contribution in [-0.2, 0) is 10.3 Å². The molecule has 1 heterocycles. The molecule has 7 heteroatoms. The Labute approximate surface area is 164 Å². The van der Waals surface area contributed by atoms with E-state index in [-0.39, 0.29) is 12.5 Å². The molecule has 2 rings (SSSR count). The summed E-state index contributed by atoms with van der Waals surface area (Å²) in [5.41, 5.74) is 8.77. The highest BCUT2D eigenvalue weighted by Gasteiger charge is 2.22. The standard InChI is InChI=1S/C20H27N5OS/c1-13(2)11-17(19(26)23-10-9-21)24-18-16(12-27-25-18)14-5-7-15(8-6-14)20(3,4)22/h5-8,12-13,17H,10-11,22H2,1-4H3,(H,23,26)(H,24,25)/t17-/m0/s1.